The van der Waals surface area contributed by atoms with Crippen LogP contribution < -0.4 is 10.1 Å². The summed E-state index contributed by atoms with van der Waals surface area (Å²) in [4.78, 5) is 27.8. The van der Waals surface area contributed by atoms with Crippen LogP contribution in [0, 0.1) is 0 Å². The summed E-state index contributed by atoms with van der Waals surface area (Å²) in [6, 6.07) is 19.5. The molecular weight excluding hydrogens is 412 g/mol. The highest BCUT2D eigenvalue weighted by Gasteiger charge is 2.25. The van der Waals surface area contributed by atoms with E-state index in [1.54, 1.807) is 24.5 Å². The maximum Gasteiger partial charge on any atom is 0.290 e. The number of hydrogen-bond acceptors (Lipinski definition) is 6. The van der Waals surface area contributed by atoms with Crippen molar-refractivity contribution in [1.82, 2.24) is 10.3 Å². The first-order chi connectivity index (χ1) is 15.2. The van der Waals surface area contributed by atoms with Crippen LogP contribution in [0.3, 0.4) is 0 Å². The van der Waals surface area contributed by atoms with E-state index in [-0.39, 0.29) is 5.24 Å². The molecule has 1 aliphatic heterocycles. The summed E-state index contributed by atoms with van der Waals surface area (Å²) in [6.45, 7) is 0.476. The highest BCUT2D eigenvalue weighted by molar-refractivity contribution is 8.18. The summed E-state index contributed by atoms with van der Waals surface area (Å²) in [6.07, 6.45) is 5.00. The van der Waals surface area contributed by atoms with Crippen molar-refractivity contribution in [3.05, 3.63) is 89.3 Å². The van der Waals surface area contributed by atoms with Crippen LogP contribution in [0.1, 0.15) is 11.3 Å². The van der Waals surface area contributed by atoms with Crippen molar-refractivity contribution in [2.24, 2.45) is 0 Å². The number of aromatic nitrogens is 1. The molecule has 5 rings (SSSR count). The number of fused-ring (bicyclic) bond motifs is 1. The number of ether oxygens (including phenoxy) is 1. The topological polar surface area (TPSA) is 81.4 Å². The Labute approximate surface area is 181 Å². The van der Waals surface area contributed by atoms with Gasteiger partial charge in [-0.05, 0) is 41.1 Å². The lowest BCUT2D eigenvalue weighted by molar-refractivity contribution is -0.115. The Bertz CT molecular complexity index is 1330. The number of thioether (sulfide) groups is 1. The third-order valence-electron chi connectivity index (χ3n) is 4.75. The van der Waals surface area contributed by atoms with E-state index < -0.39 is 5.91 Å². The lowest BCUT2D eigenvalue weighted by Gasteiger charge is -2.08. The lowest BCUT2D eigenvalue weighted by Crippen LogP contribution is -2.17. The van der Waals surface area contributed by atoms with Crippen LogP contribution in [-0.4, -0.2) is 16.1 Å². The summed E-state index contributed by atoms with van der Waals surface area (Å²) in [5.41, 5.74) is 3.46. The molecule has 7 heteroatoms. The van der Waals surface area contributed by atoms with Gasteiger partial charge in [0.05, 0.1) is 4.91 Å². The zero-order chi connectivity index (χ0) is 21.2. The molecule has 0 spiro atoms. The molecule has 0 radical (unpaired) electrons. The Morgan fingerprint density at radius 1 is 1.03 bits per heavy atom. The van der Waals surface area contributed by atoms with Gasteiger partial charge < -0.3 is 9.15 Å². The zero-order valence-electron chi connectivity index (χ0n) is 16.2. The van der Waals surface area contributed by atoms with Gasteiger partial charge >= 0.3 is 0 Å². The van der Waals surface area contributed by atoms with E-state index in [9.17, 15) is 9.59 Å². The van der Waals surface area contributed by atoms with E-state index in [0.717, 1.165) is 39.6 Å². The number of carbonyl (C=O) groups excluding carboxylic acids is 2. The van der Waals surface area contributed by atoms with Crippen molar-refractivity contribution in [3.63, 3.8) is 0 Å². The van der Waals surface area contributed by atoms with Crippen LogP contribution in [-0.2, 0) is 11.4 Å². The van der Waals surface area contributed by atoms with Gasteiger partial charge in [-0.1, -0.05) is 42.5 Å². The van der Waals surface area contributed by atoms with Crippen LogP contribution >= 0.6 is 11.8 Å². The number of pyridine rings is 1. The van der Waals surface area contributed by atoms with Gasteiger partial charge in [-0.3, -0.25) is 19.9 Å². The summed E-state index contributed by atoms with van der Waals surface area (Å²) in [7, 11) is 0. The van der Waals surface area contributed by atoms with Gasteiger partial charge in [0.15, 0.2) is 0 Å². The van der Waals surface area contributed by atoms with Gasteiger partial charge in [-0.25, -0.2) is 0 Å². The second-order valence-electron chi connectivity index (χ2n) is 6.91. The lowest BCUT2D eigenvalue weighted by atomic mass is 10.1. The van der Waals surface area contributed by atoms with Crippen molar-refractivity contribution in [3.8, 4) is 16.9 Å². The van der Waals surface area contributed by atoms with Crippen molar-refractivity contribution >= 4 is 40.0 Å². The minimum Gasteiger partial charge on any atom is -0.489 e. The molecule has 1 fully saturated rings. The number of hydrogen-bond donors (Lipinski definition) is 1. The molecule has 1 N–H and O–H groups in total. The molecule has 2 amide bonds. The Balaban J connectivity index is 1.45. The average molecular weight is 428 g/mol. The number of rotatable bonds is 5. The minimum absolute atomic E-state index is 0.301. The predicted octanol–water partition coefficient (Wildman–Crippen LogP) is 5.40. The molecule has 3 heterocycles. The molecule has 4 aromatic rings. The molecule has 0 saturated carbocycles. The Hall–Kier alpha value is -3.84. The molecule has 1 aliphatic rings. The van der Waals surface area contributed by atoms with Crippen LogP contribution in [0.5, 0.6) is 5.75 Å². The smallest absolute Gasteiger partial charge is 0.290 e. The second-order valence-corrected chi connectivity index (χ2v) is 7.92. The van der Waals surface area contributed by atoms with Gasteiger partial charge in [0, 0.05) is 29.4 Å². The van der Waals surface area contributed by atoms with E-state index in [1.165, 1.54) is 0 Å². The normalized spacial score (nSPS) is 14.9. The first kappa shape index (κ1) is 19.1. The van der Waals surface area contributed by atoms with E-state index in [0.29, 0.717) is 22.9 Å². The fourth-order valence-electron chi connectivity index (χ4n) is 3.30. The monoisotopic (exact) mass is 428 g/mol. The van der Waals surface area contributed by atoms with E-state index >= 15 is 0 Å². The molecule has 2 aromatic heterocycles. The third-order valence-corrected chi connectivity index (χ3v) is 5.56. The molecule has 0 bridgehead atoms. The van der Waals surface area contributed by atoms with E-state index in [2.05, 4.69) is 10.3 Å². The quantitative estimate of drug-likeness (QED) is 0.429. The van der Waals surface area contributed by atoms with Crippen LogP contribution in [0.4, 0.5) is 4.79 Å². The molecule has 1 saturated heterocycles. The number of nitrogens with one attached hydrogen (secondary N) is 1. The third kappa shape index (κ3) is 4.08. The Morgan fingerprint density at radius 3 is 2.71 bits per heavy atom. The maximum absolute atomic E-state index is 11.8. The predicted molar refractivity (Wildman–Crippen MR) is 119 cm³/mol. The van der Waals surface area contributed by atoms with Crippen LogP contribution in [0.15, 0.2) is 82.4 Å². The molecule has 2 aromatic carbocycles. The van der Waals surface area contributed by atoms with Crippen molar-refractivity contribution in [2.45, 2.75) is 6.61 Å². The standard InChI is InChI=1S/C24H16N2O4S/c27-23-21(31-24(28)26-23)11-19-10-17-12-25-13-20(22(17)30-19)16-7-4-8-18(9-16)29-14-15-5-2-1-3-6-15/h1-13H,14H2,(H,26,27,28). The van der Waals surface area contributed by atoms with Crippen molar-refractivity contribution in [2.75, 3.05) is 0 Å². The first-order valence-corrected chi connectivity index (χ1v) is 10.4. The molecule has 0 aliphatic carbocycles. The van der Waals surface area contributed by atoms with Crippen LogP contribution in [0.25, 0.3) is 28.2 Å². The molecule has 6 nitrogen and oxygen atoms in total. The highest BCUT2D eigenvalue weighted by atomic mass is 32.2. The Kier molecular flexibility index (Phi) is 5.01. The Morgan fingerprint density at radius 2 is 1.90 bits per heavy atom. The maximum atomic E-state index is 11.8. The van der Waals surface area contributed by atoms with E-state index in [4.69, 9.17) is 9.15 Å². The van der Waals surface area contributed by atoms with Gasteiger partial charge in [-0.2, -0.15) is 0 Å². The van der Waals surface area contributed by atoms with Gasteiger partial charge in [0.1, 0.15) is 23.7 Å². The molecule has 152 valence electrons. The highest BCUT2D eigenvalue weighted by Crippen LogP contribution is 2.34. The number of furan rings is 1. The molecule has 31 heavy (non-hydrogen) atoms. The van der Waals surface area contributed by atoms with Gasteiger partial charge in [-0.15, -0.1) is 0 Å². The first-order valence-electron chi connectivity index (χ1n) is 9.55. The molecular formula is C24H16N2O4S. The largest absolute Gasteiger partial charge is 0.489 e. The number of nitrogens with zero attached hydrogens (tertiary/aromatic N) is 1. The van der Waals surface area contributed by atoms with Gasteiger partial charge in [0.2, 0.25) is 0 Å². The van der Waals surface area contributed by atoms with Crippen LogP contribution in [0.2, 0.25) is 0 Å². The summed E-state index contributed by atoms with van der Waals surface area (Å²) >= 11 is 0.854. The SMILES string of the molecule is O=C1NC(=O)C(=Cc2cc3cncc(-c4cccc(OCc5ccccc5)c4)c3o2)S1. The number of amides is 2. The van der Waals surface area contributed by atoms with Crippen molar-refractivity contribution < 1.29 is 18.7 Å². The number of benzene rings is 2. The number of imide groups is 1. The number of carbonyl (C=O) groups is 2. The summed E-state index contributed by atoms with van der Waals surface area (Å²) in [5.74, 6) is 0.801. The van der Waals surface area contributed by atoms with Crippen molar-refractivity contribution in [1.29, 1.82) is 0 Å². The fraction of sp³-hybridized carbons (Fsp3) is 0.0417. The second kappa shape index (κ2) is 8.12. The molecule has 0 atom stereocenters. The molecule has 0 unspecified atom stereocenters. The minimum atomic E-state index is -0.419. The summed E-state index contributed by atoms with van der Waals surface area (Å²) < 4.78 is 11.9. The zero-order valence-corrected chi connectivity index (χ0v) is 17.0. The van der Waals surface area contributed by atoms with Gasteiger partial charge in [0.25, 0.3) is 11.1 Å². The van der Waals surface area contributed by atoms with E-state index in [1.807, 2.05) is 54.6 Å². The fourth-order valence-corrected chi connectivity index (χ4v) is 3.97. The summed E-state index contributed by atoms with van der Waals surface area (Å²) in [5, 5.41) is 2.65. The average Bonchev–Trinajstić information content (AvgIpc) is 3.34.